The van der Waals surface area contributed by atoms with Crippen LogP contribution >= 0.6 is 0 Å². The molecule has 1 saturated carbocycles. The second kappa shape index (κ2) is 6.92. The molecule has 0 spiro atoms. The van der Waals surface area contributed by atoms with Gasteiger partial charge in [0.1, 0.15) is 11.3 Å². The van der Waals surface area contributed by atoms with Gasteiger partial charge in [-0.2, -0.15) is 0 Å². The highest BCUT2D eigenvalue weighted by molar-refractivity contribution is 5.93. The van der Waals surface area contributed by atoms with Gasteiger partial charge in [0, 0.05) is 25.5 Å². The molecule has 1 saturated heterocycles. The van der Waals surface area contributed by atoms with E-state index in [0.29, 0.717) is 37.0 Å². The average molecular weight is 415 g/mol. The van der Waals surface area contributed by atoms with Gasteiger partial charge in [-0.3, -0.25) is 4.79 Å². The van der Waals surface area contributed by atoms with Gasteiger partial charge in [-0.15, -0.1) is 0 Å². The summed E-state index contributed by atoms with van der Waals surface area (Å²) in [7, 11) is 0. The SMILES string of the molecule is Cc1cccn2cc(C(=O)N3C[C@H]4C[C@@H](n5cnc6ccccc65)[C@H](O)C[C@H]4C3)nc12. The standard InChI is InChI=1S/C24H25N5O2/c1-15-5-4-8-27-13-19(26-23(15)27)24(31)28-11-16-9-21(22(30)10-17(16)12-28)29-14-25-18-6-2-3-7-20(18)29/h2-8,13-14,16-17,21-22,30H,9-12H2,1H3/t16-,17+,21-,22-/m1/s1. The Balaban J connectivity index is 1.24. The van der Waals surface area contributed by atoms with E-state index < -0.39 is 6.10 Å². The zero-order valence-corrected chi connectivity index (χ0v) is 17.4. The van der Waals surface area contributed by atoms with Gasteiger partial charge >= 0.3 is 0 Å². The lowest BCUT2D eigenvalue weighted by Gasteiger charge is -2.36. The number of aryl methyl sites for hydroxylation is 1. The zero-order chi connectivity index (χ0) is 21.1. The van der Waals surface area contributed by atoms with Crippen LogP contribution < -0.4 is 0 Å². The first-order valence-electron chi connectivity index (χ1n) is 10.9. The molecule has 7 heteroatoms. The van der Waals surface area contributed by atoms with Crippen LogP contribution in [0.5, 0.6) is 0 Å². The number of pyridine rings is 1. The number of fused-ring (bicyclic) bond motifs is 3. The summed E-state index contributed by atoms with van der Waals surface area (Å²) in [4.78, 5) is 24.2. The normalized spacial score (nSPS) is 25.9. The molecule has 0 unspecified atom stereocenters. The van der Waals surface area contributed by atoms with Crippen LogP contribution in [-0.4, -0.2) is 54.0 Å². The van der Waals surface area contributed by atoms with E-state index in [2.05, 4.69) is 20.6 Å². The van der Waals surface area contributed by atoms with Crippen LogP contribution in [0.4, 0.5) is 0 Å². The van der Waals surface area contributed by atoms with Crippen LogP contribution in [-0.2, 0) is 0 Å². The number of hydrogen-bond acceptors (Lipinski definition) is 4. The van der Waals surface area contributed by atoms with Crippen molar-refractivity contribution in [3.05, 3.63) is 66.4 Å². The van der Waals surface area contributed by atoms with Gasteiger partial charge in [-0.25, -0.2) is 9.97 Å². The summed E-state index contributed by atoms with van der Waals surface area (Å²) in [5.74, 6) is 0.678. The number of carbonyl (C=O) groups is 1. The first-order chi connectivity index (χ1) is 15.1. The molecule has 4 aromatic rings. The fourth-order valence-corrected chi connectivity index (χ4v) is 5.53. The molecular weight excluding hydrogens is 390 g/mol. The van der Waals surface area contributed by atoms with Crippen molar-refractivity contribution in [2.45, 2.75) is 31.9 Å². The zero-order valence-electron chi connectivity index (χ0n) is 17.4. The highest BCUT2D eigenvalue weighted by Crippen LogP contribution is 2.42. The molecule has 7 nitrogen and oxygen atoms in total. The summed E-state index contributed by atoms with van der Waals surface area (Å²) < 4.78 is 4.03. The lowest BCUT2D eigenvalue weighted by atomic mass is 9.77. The highest BCUT2D eigenvalue weighted by atomic mass is 16.3. The molecule has 158 valence electrons. The second-order valence-electron chi connectivity index (χ2n) is 9.03. The Hall–Kier alpha value is -3.19. The van der Waals surface area contributed by atoms with E-state index in [-0.39, 0.29) is 11.9 Å². The highest BCUT2D eigenvalue weighted by Gasteiger charge is 2.44. The third-order valence-corrected chi connectivity index (χ3v) is 7.13. The molecular formula is C24H25N5O2. The lowest BCUT2D eigenvalue weighted by molar-refractivity contribution is 0.0374. The van der Waals surface area contributed by atoms with Crippen molar-refractivity contribution in [3.63, 3.8) is 0 Å². The van der Waals surface area contributed by atoms with Crippen molar-refractivity contribution in [1.29, 1.82) is 0 Å². The first-order valence-corrected chi connectivity index (χ1v) is 10.9. The van der Waals surface area contributed by atoms with Gasteiger partial charge in [0.2, 0.25) is 0 Å². The number of benzene rings is 1. The van der Waals surface area contributed by atoms with E-state index in [0.717, 1.165) is 28.7 Å². The Labute approximate surface area is 180 Å². The van der Waals surface area contributed by atoms with E-state index in [9.17, 15) is 9.90 Å². The minimum absolute atomic E-state index is 0.0125. The van der Waals surface area contributed by atoms with Gasteiger partial charge in [-0.1, -0.05) is 18.2 Å². The lowest BCUT2D eigenvalue weighted by Crippen LogP contribution is -2.36. The van der Waals surface area contributed by atoms with Gasteiger partial charge in [0.25, 0.3) is 5.91 Å². The number of likely N-dealkylation sites (tertiary alicyclic amines) is 1. The van der Waals surface area contributed by atoms with Gasteiger partial charge < -0.3 is 19.0 Å². The molecule has 2 aliphatic rings. The maximum atomic E-state index is 13.2. The molecule has 3 aromatic heterocycles. The predicted molar refractivity (Wildman–Crippen MR) is 117 cm³/mol. The smallest absolute Gasteiger partial charge is 0.274 e. The number of nitrogens with zero attached hydrogens (tertiary/aromatic N) is 5. The summed E-state index contributed by atoms with van der Waals surface area (Å²) in [6.45, 7) is 3.40. The average Bonchev–Trinajstić information content (AvgIpc) is 3.49. The van der Waals surface area contributed by atoms with E-state index >= 15 is 0 Å². The molecule has 1 amide bonds. The molecule has 1 aliphatic heterocycles. The molecule has 0 bridgehead atoms. The number of hydrogen-bond donors (Lipinski definition) is 1. The first kappa shape index (κ1) is 18.6. The Bertz CT molecular complexity index is 1290. The molecule has 6 rings (SSSR count). The largest absolute Gasteiger partial charge is 0.391 e. The molecule has 4 atom stereocenters. The predicted octanol–water partition coefficient (Wildman–Crippen LogP) is 3.08. The van der Waals surface area contributed by atoms with E-state index in [1.165, 1.54) is 0 Å². The number of rotatable bonds is 2. The topological polar surface area (TPSA) is 75.7 Å². The summed E-state index contributed by atoms with van der Waals surface area (Å²) >= 11 is 0. The van der Waals surface area contributed by atoms with E-state index in [1.807, 2.05) is 65.3 Å². The van der Waals surface area contributed by atoms with Crippen LogP contribution in [0.3, 0.4) is 0 Å². The number of aromatic nitrogens is 4. The molecule has 1 aliphatic carbocycles. The number of imidazole rings is 2. The summed E-state index contributed by atoms with van der Waals surface area (Å²) in [5, 5.41) is 10.9. The van der Waals surface area contributed by atoms with Crippen LogP contribution in [0.25, 0.3) is 16.7 Å². The number of aliphatic hydroxyl groups excluding tert-OH is 1. The quantitative estimate of drug-likeness (QED) is 0.546. The number of carbonyl (C=O) groups excluding carboxylic acids is 1. The minimum Gasteiger partial charge on any atom is -0.391 e. The maximum Gasteiger partial charge on any atom is 0.274 e. The van der Waals surface area contributed by atoms with Crippen molar-refractivity contribution < 1.29 is 9.90 Å². The molecule has 1 aromatic carbocycles. The fourth-order valence-electron chi connectivity index (χ4n) is 5.53. The minimum atomic E-state index is -0.438. The van der Waals surface area contributed by atoms with E-state index in [1.54, 1.807) is 0 Å². The Kier molecular flexibility index (Phi) is 4.14. The Morgan fingerprint density at radius 3 is 2.74 bits per heavy atom. The molecule has 4 heterocycles. The maximum absolute atomic E-state index is 13.2. The fraction of sp³-hybridized carbons (Fsp3) is 0.375. The van der Waals surface area contributed by atoms with Gasteiger partial charge in [0.15, 0.2) is 0 Å². The molecule has 0 radical (unpaired) electrons. The molecule has 2 fully saturated rings. The number of para-hydroxylation sites is 2. The Morgan fingerprint density at radius 1 is 1.10 bits per heavy atom. The molecule has 1 N–H and O–H groups in total. The summed E-state index contributed by atoms with van der Waals surface area (Å²) in [6, 6.07) is 12.0. The van der Waals surface area contributed by atoms with Crippen LogP contribution in [0, 0.1) is 18.8 Å². The van der Waals surface area contributed by atoms with Crippen LogP contribution in [0.1, 0.15) is 34.9 Å². The number of aliphatic hydroxyl groups is 1. The van der Waals surface area contributed by atoms with Crippen molar-refractivity contribution in [1.82, 2.24) is 23.8 Å². The Morgan fingerprint density at radius 2 is 1.90 bits per heavy atom. The summed E-state index contributed by atoms with van der Waals surface area (Å²) in [6.07, 6.45) is 6.70. The third-order valence-electron chi connectivity index (χ3n) is 7.13. The third kappa shape index (κ3) is 2.95. The second-order valence-corrected chi connectivity index (χ2v) is 9.03. The van der Waals surface area contributed by atoms with Crippen molar-refractivity contribution in [3.8, 4) is 0 Å². The van der Waals surface area contributed by atoms with E-state index in [4.69, 9.17) is 0 Å². The number of amides is 1. The van der Waals surface area contributed by atoms with Crippen LogP contribution in [0.2, 0.25) is 0 Å². The van der Waals surface area contributed by atoms with Crippen molar-refractivity contribution in [2.75, 3.05) is 13.1 Å². The van der Waals surface area contributed by atoms with Crippen LogP contribution in [0.15, 0.2) is 55.1 Å². The summed E-state index contributed by atoms with van der Waals surface area (Å²) in [5.41, 5.74) is 4.36. The van der Waals surface area contributed by atoms with Crippen molar-refractivity contribution in [2.24, 2.45) is 11.8 Å². The molecule has 31 heavy (non-hydrogen) atoms. The van der Waals surface area contributed by atoms with Crippen molar-refractivity contribution >= 4 is 22.6 Å². The van der Waals surface area contributed by atoms with Gasteiger partial charge in [0.05, 0.1) is 29.5 Å². The van der Waals surface area contributed by atoms with Gasteiger partial charge in [-0.05, 0) is 55.4 Å². The monoisotopic (exact) mass is 415 g/mol.